The standard InChI is InChI=1S/C11H14N2O4/c1-13(6-10(14)17-2)9-4-3-7(11(15)16)5-8(9)12/h3-5H,6,12H2,1-2H3,(H,15,16). The van der Waals surface area contributed by atoms with Crippen molar-refractivity contribution in [3.8, 4) is 0 Å². The molecule has 0 amide bonds. The molecule has 1 rings (SSSR count). The number of carboxylic acid groups (broad SMARTS) is 1. The number of carbonyl (C=O) groups excluding carboxylic acids is 1. The summed E-state index contributed by atoms with van der Waals surface area (Å²) in [6.07, 6.45) is 0. The number of likely N-dealkylation sites (N-methyl/N-ethyl adjacent to an activating group) is 1. The summed E-state index contributed by atoms with van der Waals surface area (Å²) < 4.78 is 4.53. The summed E-state index contributed by atoms with van der Waals surface area (Å²) in [6, 6.07) is 4.34. The number of ether oxygens (including phenoxy) is 1. The molecular weight excluding hydrogens is 224 g/mol. The monoisotopic (exact) mass is 238 g/mol. The number of hydrogen-bond acceptors (Lipinski definition) is 5. The number of carbonyl (C=O) groups is 2. The lowest BCUT2D eigenvalue weighted by atomic mass is 10.1. The number of esters is 1. The highest BCUT2D eigenvalue weighted by atomic mass is 16.5. The van der Waals surface area contributed by atoms with Crippen LogP contribution < -0.4 is 10.6 Å². The summed E-state index contributed by atoms with van der Waals surface area (Å²) >= 11 is 0. The molecule has 0 aromatic heterocycles. The van der Waals surface area contributed by atoms with Crippen LogP contribution in [0.3, 0.4) is 0 Å². The van der Waals surface area contributed by atoms with Gasteiger partial charge >= 0.3 is 11.9 Å². The van der Waals surface area contributed by atoms with Crippen LogP contribution in [0.4, 0.5) is 11.4 Å². The predicted molar refractivity (Wildman–Crippen MR) is 63.1 cm³/mol. The number of rotatable bonds is 4. The molecule has 0 unspecified atom stereocenters. The zero-order chi connectivity index (χ0) is 13.0. The number of benzene rings is 1. The van der Waals surface area contributed by atoms with Crippen molar-refractivity contribution in [2.75, 3.05) is 31.3 Å². The van der Waals surface area contributed by atoms with Gasteiger partial charge in [-0.25, -0.2) is 4.79 Å². The fourth-order valence-corrected chi connectivity index (χ4v) is 1.38. The van der Waals surface area contributed by atoms with E-state index < -0.39 is 11.9 Å². The second-order valence-electron chi connectivity index (χ2n) is 3.51. The Kier molecular flexibility index (Phi) is 3.92. The van der Waals surface area contributed by atoms with Gasteiger partial charge in [0, 0.05) is 7.05 Å². The average Bonchev–Trinajstić information content (AvgIpc) is 2.28. The van der Waals surface area contributed by atoms with Crippen LogP contribution in [0.15, 0.2) is 18.2 Å². The fraction of sp³-hybridized carbons (Fsp3) is 0.273. The highest BCUT2D eigenvalue weighted by molar-refractivity contribution is 5.90. The van der Waals surface area contributed by atoms with E-state index in [9.17, 15) is 9.59 Å². The summed E-state index contributed by atoms with van der Waals surface area (Å²) in [5.41, 5.74) is 6.71. The SMILES string of the molecule is COC(=O)CN(C)c1ccc(C(=O)O)cc1N. The minimum atomic E-state index is -1.04. The molecule has 0 spiro atoms. The van der Waals surface area contributed by atoms with E-state index >= 15 is 0 Å². The van der Waals surface area contributed by atoms with Crippen molar-refractivity contribution in [2.24, 2.45) is 0 Å². The normalized spacial score (nSPS) is 9.76. The van der Waals surface area contributed by atoms with Crippen LogP contribution in [0.25, 0.3) is 0 Å². The summed E-state index contributed by atoms with van der Waals surface area (Å²) in [4.78, 5) is 23.4. The van der Waals surface area contributed by atoms with Crippen LogP contribution in [0, 0.1) is 0 Å². The lowest BCUT2D eigenvalue weighted by Gasteiger charge is -2.19. The van der Waals surface area contributed by atoms with Crippen molar-refractivity contribution in [1.82, 2.24) is 0 Å². The van der Waals surface area contributed by atoms with Crippen molar-refractivity contribution >= 4 is 23.3 Å². The van der Waals surface area contributed by atoms with Gasteiger partial charge in [0.2, 0.25) is 0 Å². The molecule has 1 aromatic rings. The topological polar surface area (TPSA) is 92.9 Å². The van der Waals surface area contributed by atoms with Crippen molar-refractivity contribution < 1.29 is 19.4 Å². The van der Waals surface area contributed by atoms with Crippen molar-refractivity contribution in [2.45, 2.75) is 0 Å². The Balaban J connectivity index is 2.92. The third-order valence-electron chi connectivity index (χ3n) is 2.28. The maximum atomic E-state index is 11.1. The third kappa shape index (κ3) is 3.10. The highest BCUT2D eigenvalue weighted by Crippen LogP contribution is 2.23. The van der Waals surface area contributed by atoms with E-state index in [1.165, 1.54) is 19.2 Å². The quantitative estimate of drug-likeness (QED) is 0.588. The number of hydrogen-bond donors (Lipinski definition) is 2. The molecule has 0 saturated carbocycles. The molecule has 0 aliphatic rings. The fourth-order valence-electron chi connectivity index (χ4n) is 1.38. The average molecular weight is 238 g/mol. The first-order chi connectivity index (χ1) is 7.95. The first-order valence-corrected chi connectivity index (χ1v) is 4.86. The van der Waals surface area contributed by atoms with E-state index in [0.717, 1.165) is 0 Å². The number of nitrogen functional groups attached to an aromatic ring is 1. The van der Waals surface area contributed by atoms with E-state index in [-0.39, 0.29) is 12.1 Å². The van der Waals surface area contributed by atoms with E-state index in [1.807, 2.05) is 0 Å². The van der Waals surface area contributed by atoms with Gasteiger partial charge in [0.25, 0.3) is 0 Å². The van der Waals surface area contributed by atoms with Crippen LogP contribution in [0.5, 0.6) is 0 Å². The Morgan fingerprint density at radius 3 is 2.59 bits per heavy atom. The molecule has 6 nitrogen and oxygen atoms in total. The van der Waals surface area contributed by atoms with Gasteiger partial charge in [0.05, 0.1) is 24.0 Å². The summed E-state index contributed by atoms with van der Waals surface area (Å²) in [5.74, 6) is -1.44. The van der Waals surface area contributed by atoms with Gasteiger partial charge in [-0.15, -0.1) is 0 Å². The van der Waals surface area contributed by atoms with Gasteiger partial charge in [-0.05, 0) is 18.2 Å². The maximum Gasteiger partial charge on any atom is 0.335 e. The number of nitrogens with two attached hydrogens (primary N) is 1. The van der Waals surface area contributed by atoms with Crippen LogP contribution >= 0.6 is 0 Å². The van der Waals surface area contributed by atoms with Gasteiger partial charge < -0.3 is 20.5 Å². The second-order valence-corrected chi connectivity index (χ2v) is 3.51. The highest BCUT2D eigenvalue weighted by Gasteiger charge is 2.12. The maximum absolute atomic E-state index is 11.1. The van der Waals surface area contributed by atoms with Crippen LogP contribution in [-0.4, -0.2) is 37.7 Å². The van der Waals surface area contributed by atoms with E-state index in [2.05, 4.69) is 4.74 Å². The van der Waals surface area contributed by atoms with E-state index in [4.69, 9.17) is 10.8 Å². The molecule has 0 aliphatic heterocycles. The zero-order valence-corrected chi connectivity index (χ0v) is 9.64. The first kappa shape index (κ1) is 12.8. The molecule has 6 heteroatoms. The van der Waals surface area contributed by atoms with Crippen molar-refractivity contribution in [3.05, 3.63) is 23.8 Å². The van der Waals surface area contributed by atoms with Gasteiger partial charge in [-0.3, -0.25) is 4.79 Å². The van der Waals surface area contributed by atoms with E-state index in [1.54, 1.807) is 18.0 Å². The molecule has 1 aromatic carbocycles. The largest absolute Gasteiger partial charge is 0.478 e. The molecule has 0 bridgehead atoms. The third-order valence-corrected chi connectivity index (χ3v) is 2.28. The summed E-state index contributed by atoms with van der Waals surface area (Å²) in [6.45, 7) is 0.0487. The van der Waals surface area contributed by atoms with Crippen LogP contribution in [0.1, 0.15) is 10.4 Å². The Morgan fingerprint density at radius 2 is 2.12 bits per heavy atom. The number of aromatic carboxylic acids is 1. The smallest absolute Gasteiger partial charge is 0.335 e. The predicted octanol–water partition coefficient (Wildman–Crippen LogP) is 0.576. The minimum Gasteiger partial charge on any atom is -0.478 e. The van der Waals surface area contributed by atoms with Crippen molar-refractivity contribution in [3.63, 3.8) is 0 Å². The second kappa shape index (κ2) is 5.20. The Bertz CT molecular complexity index is 445. The zero-order valence-electron chi connectivity index (χ0n) is 9.64. The number of nitrogens with zero attached hydrogens (tertiary/aromatic N) is 1. The molecule has 0 saturated heterocycles. The molecule has 17 heavy (non-hydrogen) atoms. The number of anilines is 2. The molecule has 0 aliphatic carbocycles. The first-order valence-electron chi connectivity index (χ1n) is 4.86. The molecule has 0 fully saturated rings. The Morgan fingerprint density at radius 1 is 1.47 bits per heavy atom. The Labute approximate surface area is 98.6 Å². The summed E-state index contributed by atoms with van der Waals surface area (Å²) in [5, 5.41) is 8.78. The van der Waals surface area contributed by atoms with Gasteiger partial charge in [0.1, 0.15) is 6.54 Å². The van der Waals surface area contributed by atoms with Gasteiger partial charge in [0.15, 0.2) is 0 Å². The van der Waals surface area contributed by atoms with Crippen molar-refractivity contribution in [1.29, 1.82) is 0 Å². The molecule has 0 heterocycles. The molecule has 0 radical (unpaired) electrons. The molecule has 92 valence electrons. The summed E-state index contributed by atoms with van der Waals surface area (Å²) in [7, 11) is 2.97. The van der Waals surface area contributed by atoms with E-state index in [0.29, 0.717) is 11.4 Å². The van der Waals surface area contributed by atoms with Crippen LogP contribution in [0.2, 0.25) is 0 Å². The molecule has 3 N–H and O–H groups in total. The molecular formula is C11H14N2O4. The molecule has 0 atom stereocenters. The van der Waals surface area contributed by atoms with Gasteiger partial charge in [-0.2, -0.15) is 0 Å². The number of methoxy groups -OCH3 is 1. The van der Waals surface area contributed by atoms with Crippen LogP contribution in [-0.2, 0) is 9.53 Å². The minimum absolute atomic E-state index is 0.0487. The lowest BCUT2D eigenvalue weighted by Crippen LogP contribution is -2.27. The van der Waals surface area contributed by atoms with Gasteiger partial charge in [-0.1, -0.05) is 0 Å². The Hall–Kier alpha value is -2.24. The lowest BCUT2D eigenvalue weighted by molar-refractivity contribution is -0.138. The number of carboxylic acids is 1.